The van der Waals surface area contributed by atoms with Crippen LogP contribution in [0.2, 0.25) is 0 Å². The van der Waals surface area contributed by atoms with Crippen LogP contribution in [0.3, 0.4) is 0 Å². The monoisotopic (exact) mass is 415 g/mol. The van der Waals surface area contributed by atoms with Gasteiger partial charge < -0.3 is 19.7 Å². The Bertz CT molecular complexity index is 1150. The predicted octanol–water partition coefficient (Wildman–Crippen LogP) is 4.11. The smallest absolute Gasteiger partial charge is 0.262 e. The zero-order valence-electron chi connectivity index (χ0n) is 17.3. The molecule has 0 unspecified atom stereocenters. The number of nitriles is 1. The van der Waals surface area contributed by atoms with Gasteiger partial charge in [0.05, 0.1) is 6.61 Å². The van der Waals surface area contributed by atoms with Crippen LogP contribution in [0.1, 0.15) is 25.0 Å². The second-order valence-electron chi connectivity index (χ2n) is 7.65. The fraction of sp³-hybridized carbons (Fsp3) is 0.280. The van der Waals surface area contributed by atoms with E-state index in [-0.39, 0.29) is 18.7 Å². The van der Waals surface area contributed by atoms with Crippen LogP contribution in [0.25, 0.3) is 28.2 Å². The lowest BCUT2D eigenvalue weighted by molar-refractivity contribution is -0.117. The van der Waals surface area contributed by atoms with Crippen LogP contribution in [0.4, 0.5) is 5.69 Å². The van der Waals surface area contributed by atoms with E-state index in [9.17, 15) is 10.1 Å². The summed E-state index contributed by atoms with van der Waals surface area (Å²) in [4.78, 5) is 14.4. The van der Waals surface area contributed by atoms with Gasteiger partial charge in [-0.2, -0.15) is 5.26 Å². The molecule has 1 aliphatic heterocycles. The topological polar surface area (TPSA) is 89.5 Å². The van der Waals surface area contributed by atoms with Gasteiger partial charge in [-0.3, -0.25) is 4.79 Å². The predicted molar refractivity (Wildman–Crippen MR) is 121 cm³/mol. The molecule has 1 fully saturated rings. The van der Waals surface area contributed by atoms with Gasteiger partial charge in [0, 0.05) is 37.0 Å². The Morgan fingerprint density at radius 1 is 1.10 bits per heavy atom. The van der Waals surface area contributed by atoms with E-state index in [0.29, 0.717) is 11.5 Å². The fourth-order valence-electron chi connectivity index (χ4n) is 3.88. The number of amides is 1. The number of piperidine rings is 1. The molecule has 4 rings (SSSR count). The van der Waals surface area contributed by atoms with Gasteiger partial charge in [-0.15, -0.1) is 0 Å². The van der Waals surface area contributed by atoms with Crippen molar-refractivity contribution in [3.8, 4) is 17.4 Å². The summed E-state index contributed by atoms with van der Waals surface area (Å²) in [7, 11) is 0. The molecular weight excluding hydrogens is 390 g/mol. The summed E-state index contributed by atoms with van der Waals surface area (Å²) in [6.07, 6.45) is 5.23. The minimum Gasteiger partial charge on any atom is -0.457 e. The fourth-order valence-corrected chi connectivity index (χ4v) is 3.88. The Morgan fingerprint density at radius 2 is 1.87 bits per heavy atom. The molecule has 1 amide bonds. The molecule has 2 N–H and O–H groups in total. The number of hydrogen-bond acceptors (Lipinski definition) is 5. The maximum atomic E-state index is 11.9. The van der Waals surface area contributed by atoms with Gasteiger partial charge in [-0.25, -0.2) is 0 Å². The van der Waals surface area contributed by atoms with Gasteiger partial charge in [0.2, 0.25) is 0 Å². The zero-order chi connectivity index (χ0) is 21.6. The molecule has 0 radical (unpaired) electrons. The zero-order valence-corrected chi connectivity index (χ0v) is 17.3. The molecule has 0 bridgehead atoms. The third-order valence-corrected chi connectivity index (χ3v) is 5.51. The van der Waals surface area contributed by atoms with E-state index in [1.165, 1.54) is 36.4 Å². The number of carbonyl (C=O) groups is 1. The number of fused-ring (bicyclic) bond motifs is 1. The third-order valence-electron chi connectivity index (χ3n) is 5.51. The van der Waals surface area contributed by atoms with Crippen molar-refractivity contribution >= 4 is 28.4 Å². The number of hydrogen-bond donors (Lipinski definition) is 2. The van der Waals surface area contributed by atoms with Crippen molar-refractivity contribution in [1.82, 2.24) is 5.32 Å². The quantitative estimate of drug-likeness (QED) is 0.467. The molecule has 0 spiro atoms. The molecule has 6 nitrogen and oxygen atoms in total. The van der Waals surface area contributed by atoms with Crippen molar-refractivity contribution in [3.05, 3.63) is 59.9 Å². The van der Waals surface area contributed by atoms with Crippen LogP contribution in [-0.2, 0) is 4.79 Å². The number of benzene rings is 2. The van der Waals surface area contributed by atoms with Crippen LogP contribution in [0.15, 0.2) is 58.5 Å². The highest BCUT2D eigenvalue weighted by atomic mass is 16.3. The summed E-state index contributed by atoms with van der Waals surface area (Å²) in [5.41, 5.74) is 2.13. The van der Waals surface area contributed by atoms with Gasteiger partial charge in [0.25, 0.3) is 5.91 Å². The first-order valence-corrected chi connectivity index (χ1v) is 10.6. The first-order chi connectivity index (χ1) is 15.2. The number of carbonyl (C=O) groups excluding carboxylic acids is 1. The van der Waals surface area contributed by atoms with E-state index in [1.54, 1.807) is 6.07 Å². The van der Waals surface area contributed by atoms with Gasteiger partial charge >= 0.3 is 0 Å². The van der Waals surface area contributed by atoms with Crippen LogP contribution < -0.4 is 10.2 Å². The maximum Gasteiger partial charge on any atom is 0.262 e. The lowest BCUT2D eigenvalue weighted by Gasteiger charge is -2.29. The van der Waals surface area contributed by atoms with E-state index < -0.39 is 5.91 Å². The van der Waals surface area contributed by atoms with Crippen LogP contribution >= 0.6 is 0 Å². The SMILES string of the molecule is N#C/C(=C\c1ccc(-c2ccc3cc(N4CCCCC4)ccc3c2)o1)C(=O)NCCO. The van der Waals surface area contributed by atoms with Crippen LogP contribution in [0.5, 0.6) is 0 Å². The second-order valence-corrected chi connectivity index (χ2v) is 7.65. The highest BCUT2D eigenvalue weighted by molar-refractivity contribution is 6.01. The largest absolute Gasteiger partial charge is 0.457 e. The van der Waals surface area contributed by atoms with Gasteiger partial charge in [-0.05, 0) is 60.4 Å². The van der Waals surface area contributed by atoms with Crippen molar-refractivity contribution in [2.24, 2.45) is 0 Å². The number of furan rings is 1. The summed E-state index contributed by atoms with van der Waals surface area (Å²) in [5, 5.41) is 22.8. The van der Waals surface area contributed by atoms with E-state index in [4.69, 9.17) is 9.52 Å². The summed E-state index contributed by atoms with van der Waals surface area (Å²) < 4.78 is 5.86. The number of rotatable bonds is 6. The van der Waals surface area contributed by atoms with Crippen molar-refractivity contribution in [2.45, 2.75) is 19.3 Å². The van der Waals surface area contributed by atoms with Gasteiger partial charge in [0.15, 0.2) is 0 Å². The average molecular weight is 415 g/mol. The van der Waals surface area contributed by atoms with Gasteiger partial charge in [-0.1, -0.05) is 18.2 Å². The normalized spacial score (nSPS) is 14.5. The Labute approximate surface area is 181 Å². The minimum atomic E-state index is -0.537. The standard InChI is InChI=1S/C25H25N3O3/c26-17-21(25(30)27-10-13-29)16-23-8-9-24(31-23)20-5-4-19-15-22(7-6-18(19)14-20)28-11-2-1-3-12-28/h4-9,14-16,29H,1-3,10-13H2,(H,27,30)/b21-16+. The summed E-state index contributed by atoms with van der Waals surface area (Å²) in [6, 6.07) is 18.2. The van der Waals surface area contributed by atoms with Crippen molar-refractivity contribution in [3.63, 3.8) is 0 Å². The van der Waals surface area contributed by atoms with E-state index in [1.807, 2.05) is 18.2 Å². The molecule has 3 aromatic rings. The number of aliphatic hydroxyl groups excluding tert-OH is 1. The van der Waals surface area contributed by atoms with Gasteiger partial charge in [0.1, 0.15) is 23.2 Å². The summed E-state index contributed by atoms with van der Waals surface area (Å²) in [6.45, 7) is 2.15. The van der Waals surface area contributed by atoms with Crippen molar-refractivity contribution in [1.29, 1.82) is 5.26 Å². The number of aliphatic hydroxyl groups is 1. The first-order valence-electron chi connectivity index (χ1n) is 10.6. The third kappa shape index (κ3) is 4.79. The van der Waals surface area contributed by atoms with E-state index in [0.717, 1.165) is 24.0 Å². The highest BCUT2D eigenvalue weighted by Crippen LogP contribution is 2.30. The molecule has 0 atom stereocenters. The summed E-state index contributed by atoms with van der Waals surface area (Å²) >= 11 is 0. The van der Waals surface area contributed by atoms with Crippen molar-refractivity contribution < 1.29 is 14.3 Å². The van der Waals surface area contributed by atoms with E-state index in [2.05, 4.69) is 40.5 Å². The lowest BCUT2D eigenvalue weighted by atomic mass is 10.0. The highest BCUT2D eigenvalue weighted by Gasteiger charge is 2.13. The van der Waals surface area contributed by atoms with Crippen LogP contribution in [-0.4, -0.2) is 37.3 Å². The molecule has 31 heavy (non-hydrogen) atoms. The van der Waals surface area contributed by atoms with Crippen LogP contribution in [0, 0.1) is 11.3 Å². The molecule has 1 aromatic heterocycles. The average Bonchev–Trinajstić information content (AvgIpc) is 3.29. The second kappa shape index (κ2) is 9.50. The Morgan fingerprint density at radius 3 is 2.65 bits per heavy atom. The first kappa shape index (κ1) is 20.7. The minimum absolute atomic E-state index is 0.0712. The molecule has 6 heteroatoms. The number of nitrogens with one attached hydrogen (secondary N) is 1. The summed E-state index contributed by atoms with van der Waals surface area (Å²) in [5.74, 6) is 0.553. The van der Waals surface area contributed by atoms with Crippen molar-refractivity contribution in [2.75, 3.05) is 31.1 Å². The molecular formula is C25H25N3O3. The Kier molecular flexibility index (Phi) is 6.34. The molecule has 0 saturated carbocycles. The number of nitrogens with zero attached hydrogens (tertiary/aromatic N) is 2. The Hall–Kier alpha value is -3.56. The maximum absolute atomic E-state index is 11.9. The molecule has 2 aromatic carbocycles. The van der Waals surface area contributed by atoms with E-state index >= 15 is 0 Å². The molecule has 1 aliphatic rings. The Balaban J connectivity index is 1.55. The molecule has 158 valence electrons. The lowest BCUT2D eigenvalue weighted by Crippen LogP contribution is -2.29. The number of anilines is 1. The molecule has 0 aliphatic carbocycles. The molecule has 2 heterocycles. The molecule has 1 saturated heterocycles.